The molecule has 7 nitrogen and oxygen atoms in total. The molecule has 0 spiro atoms. The molecular weight excluding hydrogens is 348 g/mol. The molecule has 2 rings (SSSR count). The summed E-state index contributed by atoms with van der Waals surface area (Å²) in [6.45, 7) is 3.25. The fraction of sp³-hybridized carbons (Fsp3) is 0.650. The Bertz CT molecular complexity index is 604. The van der Waals surface area contributed by atoms with Gasteiger partial charge in [-0.3, -0.25) is 9.59 Å². The Morgan fingerprint density at radius 2 is 1.81 bits per heavy atom. The van der Waals surface area contributed by atoms with Crippen LogP contribution in [0, 0.1) is 5.92 Å². The van der Waals surface area contributed by atoms with E-state index in [0.29, 0.717) is 0 Å². The molecule has 7 heteroatoms. The Morgan fingerprint density at radius 3 is 2.41 bits per heavy atom. The zero-order valence-corrected chi connectivity index (χ0v) is 16.2. The molecule has 1 aromatic heterocycles. The lowest BCUT2D eigenvalue weighted by molar-refractivity contribution is -0.151. The maximum Gasteiger partial charge on any atom is 0.329 e. The quantitative estimate of drug-likeness (QED) is 0.711. The second-order valence-corrected chi connectivity index (χ2v) is 7.39. The van der Waals surface area contributed by atoms with E-state index in [0.717, 1.165) is 25.7 Å². The van der Waals surface area contributed by atoms with Crippen molar-refractivity contribution >= 4 is 17.8 Å². The first-order valence-corrected chi connectivity index (χ1v) is 9.77. The van der Waals surface area contributed by atoms with Gasteiger partial charge >= 0.3 is 5.97 Å². The van der Waals surface area contributed by atoms with Crippen LogP contribution in [-0.2, 0) is 14.3 Å². The Balaban J connectivity index is 1.80. The predicted octanol–water partition coefficient (Wildman–Crippen LogP) is 2.81. The van der Waals surface area contributed by atoms with Crippen molar-refractivity contribution in [2.45, 2.75) is 70.9 Å². The molecule has 27 heavy (non-hydrogen) atoms. The van der Waals surface area contributed by atoms with Gasteiger partial charge in [-0.1, -0.05) is 46.0 Å². The number of hydrogen-bond donors (Lipinski definition) is 2. The van der Waals surface area contributed by atoms with Crippen molar-refractivity contribution in [2.24, 2.45) is 5.92 Å². The number of esters is 1. The summed E-state index contributed by atoms with van der Waals surface area (Å²) in [5, 5.41) is 5.55. The van der Waals surface area contributed by atoms with Crippen molar-refractivity contribution in [1.29, 1.82) is 0 Å². The van der Waals surface area contributed by atoms with Crippen LogP contribution in [0.2, 0.25) is 0 Å². The van der Waals surface area contributed by atoms with Crippen molar-refractivity contribution in [3.8, 4) is 0 Å². The minimum absolute atomic E-state index is 0.121. The van der Waals surface area contributed by atoms with Crippen molar-refractivity contribution in [2.75, 3.05) is 6.61 Å². The fourth-order valence-corrected chi connectivity index (χ4v) is 3.21. The van der Waals surface area contributed by atoms with Gasteiger partial charge in [0.1, 0.15) is 6.04 Å². The summed E-state index contributed by atoms with van der Waals surface area (Å²) < 4.78 is 10.2. The van der Waals surface area contributed by atoms with E-state index in [9.17, 15) is 14.4 Å². The smallest absolute Gasteiger partial charge is 0.329 e. The molecule has 1 aromatic rings. The average molecular weight is 378 g/mol. The van der Waals surface area contributed by atoms with E-state index in [1.165, 1.54) is 31.6 Å². The molecule has 1 heterocycles. The van der Waals surface area contributed by atoms with E-state index >= 15 is 0 Å². The van der Waals surface area contributed by atoms with Gasteiger partial charge in [0.05, 0.1) is 6.26 Å². The van der Waals surface area contributed by atoms with Crippen molar-refractivity contribution in [1.82, 2.24) is 10.6 Å². The lowest BCUT2D eigenvalue weighted by atomic mass is 9.97. The molecular formula is C20H30N2O5. The van der Waals surface area contributed by atoms with E-state index in [4.69, 9.17) is 9.15 Å². The van der Waals surface area contributed by atoms with Crippen LogP contribution < -0.4 is 10.6 Å². The van der Waals surface area contributed by atoms with Gasteiger partial charge < -0.3 is 19.8 Å². The van der Waals surface area contributed by atoms with Gasteiger partial charge in [0.25, 0.3) is 11.8 Å². The van der Waals surface area contributed by atoms with E-state index in [2.05, 4.69) is 10.6 Å². The van der Waals surface area contributed by atoms with Gasteiger partial charge in [-0.2, -0.15) is 0 Å². The lowest BCUT2D eigenvalue weighted by Crippen LogP contribution is -2.46. The second kappa shape index (κ2) is 10.7. The first kappa shape index (κ1) is 21.0. The maximum atomic E-state index is 12.3. The number of nitrogens with one attached hydrogen (secondary N) is 2. The highest BCUT2D eigenvalue weighted by molar-refractivity contribution is 5.94. The molecule has 1 aliphatic carbocycles. The van der Waals surface area contributed by atoms with Gasteiger partial charge in [-0.25, -0.2) is 4.79 Å². The van der Waals surface area contributed by atoms with Crippen LogP contribution in [0.15, 0.2) is 22.8 Å². The summed E-state index contributed by atoms with van der Waals surface area (Å²) in [4.78, 5) is 36.6. The van der Waals surface area contributed by atoms with Gasteiger partial charge in [0.15, 0.2) is 12.4 Å². The summed E-state index contributed by atoms with van der Waals surface area (Å²) >= 11 is 0. The van der Waals surface area contributed by atoms with E-state index in [1.54, 1.807) is 19.9 Å². The van der Waals surface area contributed by atoms with Gasteiger partial charge in [0.2, 0.25) is 0 Å². The standard InChI is InChI=1S/C20H30N2O5/c1-14(2)18(22-19(24)16-11-8-12-26-16)20(25)27-13-17(23)21-15-9-6-4-3-5-7-10-15/h8,11-12,14-15,18H,3-7,9-10,13H2,1-2H3,(H,21,23)(H,22,24)/t18-/m1/s1. The van der Waals surface area contributed by atoms with E-state index in [1.807, 2.05) is 0 Å². The van der Waals surface area contributed by atoms with Gasteiger partial charge in [-0.05, 0) is 30.9 Å². The van der Waals surface area contributed by atoms with Crippen LogP contribution in [0.4, 0.5) is 0 Å². The molecule has 1 aliphatic rings. The number of amides is 2. The normalized spacial score (nSPS) is 16.9. The highest BCUT2D eigenvalue weighted by Gasteiger charge is 2.27. The summed E-state index contributed by atoms with van der Waals surface area (Å²) in [6, 6.07) is 2.41. The molecule has 2 N–H and O–H groups in total. The van der Waals surface area contributed by atoms with Crippen LogP contribution in [0.25, 0.3) is 0 Å². The Morgan fingerprint density at radius 1 is 1.15 bits per heavy atom. The maximum absolute atomic E-state index is 12.3. The van der Waals surface area contributed by atoms with Crippen molar-refractivity contribution in [3.05, 3.63) is 24.2 Å². The number of furan rings is 1. The number of hydrogen-bond acceptors (Lipinski definition) is 5. The molecule has 0 unspecified atom stereocenters. The van der Waals surface area contributed by atoms with Crippen LogP contribution >= 0.6 is 0 Å². The monoisotopic (exact) mass is 378 g/mol. The molecule has 1 atom stereocenters. The molecule has 2 amide bonds. The van der Waals surface area contributed by atoms with Crippen LogP contribution in [0.3, 0.4) is 0 Å². The Hall–Kier alpha value is -2.31. The van der Waals surface area contributed by atoms with Gasteiger partial charge in [0, 0.05) is 6.04 Å². The first-order valence-electron chi connectivity index (χ1n) is 9.77. The Labute approximate surface area is 160 Å². The highest BCUT2D eigenvalue weighted by Crippen LogP contribution is 2.17. The third kappa shape index (κ3) is 7.07. The highest BCUT2D eigenvalue weighted by atomic mass is 16.5. The Kier molecular flexibility index (Phi) is 8.36. The molecule has 0 aromatic carbocycles. The summed E-state index contributed by atoms with van der Waals surface area (Å²) in [6.07, 6.45) is 9.20. The predicted molar refractivity (Wildman–Crippen MR) is 100 cm³/mol. The second-order valence-electron chi connectivity index (χ2n) is 7.39. The lowest BCUT2D eigenvalue weighted by Gasteiger charge is -2.22. The van der Waals surface area contributed by atoms with Crippen LogP contribution in [0.5, 0.6) is 0 Å². The first-order chi connectivity index (χ1) is 13.0. The average Bonchev–Trinajstić information content (AvgIpc) is 3.14. The number of ether oxygens (including phenoxy) is 1. The van der Waals surface area contributed by atoms with E-state index < -0.39 is 17.9 Å². The fourth-order valence-electron chi connectivity index (χ4n) is 3.21. The molecule has 1 saturated carbocycles. The molecule has 0 radical (unpaired) electrons. The van der Waals surface area contributed by atoms with Crippen molar-refractivity contribution < 1.29 is 23.5 Å². The van der Waals surface area contributed by atoms with Crippen molar-refractivity contribution in [3.63, 3.8) is 0 Å². The third-order valence-corrected chi connectivity index (χ3v) is 4.77. The number of rotatable bonds is 7. The largest absolute Gasteiger partial charge is 0.459 e. The summed E-state index contributed by atoms with van der Waals surface area (Å²) in [7, 11) is 0. The molecule has 150 valence electrons. The SMILES string of the molecule is CC(C)[C@@H](NC(=O)c1ccco1)C(=O)OCC(=O)NC1CCCCCCC1. The van der Waals surface area contributed by atoms with E-state index in [-0.39, 0.29) is 30.2 Å². The molecule has 0 saturated heterocycles. The third-order valence-electron chi connectivity index (χ3n) is 4.77. The molecule has 0 aliphatic heterocycles. The number of carbonyl (C=O) groups excluding carboxylic acids is 3. The zero-order chi connectivity index (χ0) is 19.6. The van der Waals surface area contributed by atoms with Crippen LogP contribution in [0.1, 0.15) is 69.3 Å². The van der Waals surface area contributed by atoms with Gasteiger partial charge in [-0.15, -0.1) is 0 Å². The molecule has 1 fully saturated rings. The topological polar surface area (TPSA) is 97.6 Å². The minimum Gasteiger partial charge on any atom is -0.459 e. The zero-order valence-electron chi connectivity index (χ0n) is 16.2. The van der Waals surface area contributed by atoms with Crippen LogP contribution in [-0.4, -0.2) is 36.5 Å². The molecule has 0 bridgehead atoms. The minimum atomic E-state index is -0.850. The number of carbonyl (C=O) groups is 3. The summed E-state index contributed by atoms with van der Waals surface area (Å²) in [5.74, 6) is -1.48. The summed E-state index contributed by atoms with van der Waals surface area (Å²) in [5.41, 5.74) is 0.